The number of fused-ring (bicyclic) bond motifs is 1. The van der Waals surface area contributed by atoms with Gasteiger partial charge in [-0.2, -0.15) is 0 Å². The SMILES string of the molecule is O=C1CCC2(Cc3ccccc3C2=O)O1. The quantitative estimate of drug-likeness (QED) is 0.599. The molecule has 2 aliphatic rings. The van der Waals surface area contributed by atoms with E-state index in [0.717, 1.165) is 5.56 Å². The Labute approximate surface area is 87.0 Å². The van der Waals surface area contributed by atoms with Crippen molar-refractivity contribution in [2.75, 3.05) is 0 Å². The van der Waals surface area contributed by atoms with E-state index in [1.54, 1.807) is 6.07 Å². The van der Waals surface area contributed by atoms with Crippen LogP contribution >= 0.6 is 0 Å². The molecule has 1 aliphatic heterocycles. The monoisotopic (exact) mass is 202 g/mol. The summed E-state index contributed by atoms with van der Waals surface area (Å²) < 4.78 is 5.22. The number of esters is 1. The Balaban J connectivity index is 2.07. The highest BCUT2D eigenvalue weighted by molar-refractivity contribution is 6.08. The summed E-state index contributed by atoms with van der Waals surface area (Å²) in [6.45, 7) is 0. The van der Waals surface area contributed by atoms with E-state index in [2.05, 4.69) is 0 Å². The second-order valence-electron chi connectivity index (χ2n) is 4.13. The first-order valence-corrected chi connectivity index (χ1v) is 5.06. The summed E-state index contributed by atoms with van der Waals surface area (Å²) in [6.07, 6.45) is 1.44. The Bertz CT molecular complexity index is 464. The fraction of sp³-hybridized carbons (Fsp3) is 0.333. The number of benzene rings is 1. The van der Waals surface area contributed by atoms with Gasteiger partial charge in [-0.3, -0.25) is 9.59 Å². The Kier molecular flexibility index (Phi) is 1.55. The highest BCUT2D eigenvalue weighted by Gasteiger charge is 2.51. The van der Waals surface area contributed by atoms with E-state index in [1.807, 2.05) is 18.2 Å². The fourth-order valence-corrected chi connectivity index (χ4v) is 2.44. The minimum Gasteiger partial charge on any atom is -0.450 e. The van der Waals surface area contributed by atoms with Crippen molar-refractivity contribution in [3.05, 3.63) is 35.4 Å². The van der Waals surface area contributed by atoms with Gasteiger partial charge in [0.15, 0.2) is 5.60 Å². The third kappa shape index (κ3) is 1.06. The summed E-state index contributed by atoms with van der Waals surface area (Å²) in [5.41, 5.74) is 0.852. The first-order chi connectivity index (χ1) is 7.21. The average Bonchev–Trinajstić information content (AvgIpc) is 2.72. The Morgan fingerprint density at radius 3 is 2.67 bits per heavy atom. The lowest BCUT2D eigenvalue weighted by Gasteiger charge is -2.18. The molecule has 1 spiro atoms. The number of carbonyl (C=O) groups is 2. The van der Waals surface area contributed by atoms with Gasteiger partial charge in [-0.15, -0.1) is 0 Å². The molecule has 1 aromatic carbocycles. The lowest BCUT2D eigenvalue weighted by Crippen LogP contribution is -2.35. The lowest BCUT2D eigenvalue weighted by atomic mass is 9.95. The molecule has 1 saturated heterocycles. The van der Waals surface area contributed by atoms with Crippen LogP contribution in [-0.2, 0) is 16.0 Å². The summed E-state index contributed by atoms with van der Waals surface area (Å²) in [5, 5.41) is 0. The fourth-order valence-electron chi connectivity index (χ4n) is 2.44. The van der Waals surface area contributed by atoms with Gasteiger partial charge in [0, 0.05) is 24.8 Å². The van der Waals surface area contributed by atoms with Gasteiger partial charge in [0.2, 0.25) is 5.78 Å². The zero-order valence-electron chi connectivity index (χ0n) is 8.16. The zero-order chi connectivity index (χ0) is 10.5. The smallest absolute Gasteiger partial charge is 0.306 e. The van der Waals surface area contributed by atoms with Crippen molar-refractivity contribution < 1.29 is 14.3 Å². The molecule has 15 heavy (non-hydrogen) atoms. The molecule has 3 nitrogen and oxygen atoms in total. The van der Waals surface area contributed by atoms with Crippen molar-refractivity contribution in [2.45, 2.75) is 24.9 Å². The molecule has 0 radical (unpaired) electrons. The number of rotatable bonds is 0. The summed E-state index contributed by atoms with van der Waals surface area (Å²) in [5.74, 6) is -0.278. The topological polar surface area (TPSA) is 43.4 Å². The van der Waals surface area contributed by atoms with E-state index in [1.165, 1.54) is 0 Å². The second-order valence-corrected chi connectivity index (χ2v) is 4.13. The van der Waals surface area contributed by atoms with Gasteiger partial charge < -0.3 is 4.74 Å². The molecule has 76 valence electrons. The van der Waals surface area contributed by atoms with E-state index in [9.17, 15) is 9.59 Å². The summed E-state index contributed by atoms with van der Waals surface area (Å²) in [6, 6.07) is 7.47. The van der Waals surface area contributed by atoms with Crippen LogP contribution in [0.15, 0.2) is 24.3 Å². The highest BCUT2D eigenvalue weighted by Crippen LogP contribution is 2.39. The van der Waals surface area contributed by atoms with Gasteiger partial charge in [-0.25, -0.2) is 0 Å². The normalized spacial score (nSPS) is 28.3. The number of ketones is 1. The van der Waals surface area contributed by atoms with Gasteiger partial charge in [0.05, 0.1) is 0 Å². The van der Waals surface area contributed by atoms with Crippen molar-refractivity contribution in [1.82, 2.24) is 0 Å². The molecule has 0 amide bonds. The molecule has 1 atom stereocenters. The highest BCUT2D eigenvalue weighted by atomic mass is 16.6. The molecule has 0 bridgehead atoms. The maximum atomic E-state index is 12.1. The van der Waals surface area contributed by atoms with E-state index in [4.69, 9.17) is 4.74 Å². The molecule has 1 aromatic rings. The number of carbonyl (C=O) groups excluding carboxylic acids is 2. The summed E-state index contributed by atoms with van der Waals surface area (Å²) >= 11 is 0. The van der Waals surface area contributed by atoms with E-state index < -0.39 is 5.60 Å². The maximum Gasteiger partial charge on any atom is 0.306 e. The summed E-state index contributed by atoms with van der Waals surface area (Å²) in [4.78, 5) is 23.2. The molecular weight excluding hydrogens is 192 g/mol. The van der Waals surface area contributed by atoms with Crippen molar-refractivity contribution >= 4 is 11.8 Å². The minimum absolute atomic E-state index is 0.0241. The predicted octanol–water partition coefficient (Wildman–Crippen LogP) is 1.50. The number of hydrogen-bond donors (Lipinski definition) is 0. The van der Waals surface area contributed by atoms with Crippen LogP contribution in [0, 0.1) is 0 Å². The van der Waals surface area contributed by atoms with Crippen molar-refractivity contribution in [3.63, 3.8) is 0 Å². The minimum atomic E-state index is -0.860. The molecule has 1 unspecified atom stereocenters. The second kappa shape index (κ2) is 2.69. The molecule has 1 fully saturated rings. The van der Waals surface area contributed by atoms with Gasteiger partial charge in [0.25, 0.3) is 0 Å². The molecule has 0 saturated carbocycles. The standard InChI is InChI=1S/C12H10O3/c13-10-5-6-12(15-10)7-8-3-1-2-4-9(8)11(12)14/h1-4H,5-7H2. The molecular formula is C12H10O3. The van der Waals surface area contributed by atoms with Crippen LogP contribution in [0.25, 0.3) is 0 Å². The first kappa shape index (κ1) is 8.65. The Morgan fingerprint density at radius 2 is 2.00 bits per heavy atom. The third-order valence-corrected chi connectivity index (χ3v) is 3.19. The van der Waals surface area contributed by atoms with Crippen LogP contribution < -0.4 is 0 Å². The van der Waals surface area contributed by atoms with E-state index in [0.29, 0.717) is 24.8 Å². The van der Waals surface area contributed by atoms with Gasteiger partial charge in [0.1, 0.15) is 0 Å². The van der Waals surface area contributed by atoms with Crippen LogP contribution in [0.3, 0.4) is 0 Å². The van der Waals surface area contributed by atoms with Crippen molar-refractivity contribution in [3.8, 4) is 0 Å². The third-order valence-electron chi connectivity index (χ3n) is 3.19. The molecule has 1 aliphatic carbocycles. The largest absolute Gasteiger partial charge is 0.450 e. The number of hydrogen-bond acceptors (Lipinski definition) is 3. The predicted molar refractivity (Wildman–Crippen MR) is 52.5 cm³/mol. The summed E-state index contributed by atoms with van der Waals surface area (Å²) in [7, 11) is 0. The lowest BCUT2D eigenvalue weighted by molar-refractivity contribution is -0.145. The maximum absolute atomic E-state index is 12.1. The van der Waals surface area contributed by atoms with Crippen LogP contribution in [0.2, 0.25) is 0 Å². The molecule has 0 aromatic heterocycles. The van der Waals surface area contributed by atoms with Crippen molar-refractivity contribution in [1.29, 1.82) is 0 Å². The van der Waals surface area contributed by atoms with Crippen LogP contribution in [0.1, 0.15) is 28.8 Å². The molecule has 0 N–H and O–H groups in total. The zero-order valence-corrected chi connectivity index (χ0v) is 8.16. The van der Waals surface area contributed by atoms with Crippen molar-refractivity contribution in [2.24, 2.45) is 0 Å². The Hall–Kier alpha value is -1.64. The van der Waals surface area contributed by atoms with E-state index in [-0.39, 0.29) is 11.8 Å². The van der Waals surface area contributed by atoms with Gasteiger partial charge in [-0.05, 0) is 5.56 Å². The van der Waals surface area contributed by atoms with Gasteiger partial charge in [-0.1, -0.05) is 24.3 Å². The molecule has 1 heterocycles. The average molecular weight is 202 g/mol. The van der Waals surface area contributed by atoms with Crippen LogP contribution in [0.4, 0.5) is 0 Å². The Morgan fingerprint density at radius 1 is 1.20 bits per heavy atom. The molecule has 3 rings (SSSR count). The number of ether oxygens (including phenoxy) is 1. The van der Waals surface area contributed by atoms with E-state index >= 15 is 0 Å². The molecule has 3 heteroatoms. The first-order valence-electron chi connectivity index (χ1n) is 5.06. The van der Waals surface area contributed by atoms with Crippen LogP contribution in [-0.4, -0.2) is 17.4 Å². The van der Waals surface area contributed by atoms with Gasteiger partial charge >= 0.3 is 5.97 Å². The number of Topliss-reactive ketones (excluding diaryl/α,β-unsaturated/α-hetero) is 1. The van der Waals surface area contributed by atoms with Crippen LogP contribution in [0.5, 0.6) is 0 Å².